The van der Waals surface area contributed by atoms with Gasteiger partial charge in [-0.1, -0.05) is 0 Å². The lowest BCUT2D eigenvalue weighted by Gasteiger charge is -2.38. The maximum absolute atomic E-state index is 5.56. The molecule has 0 saturated carbocycles. The monoisotopic (exact) mass is 249 g/mol. The SMILES string of the molecule is COC1CC2CCC(C1)N2Cc1cn(C)nc1C. The van der Waals surface area contributed by atoms with E-state index < -0.39 is 0 Å². The number of methoxy groups -OCH3 is 1. The smallest absolute Gasteiger partial charge is 0.0638 e. The Kier molecular flexibility index (Phi) is 3.16. The number of piperidine rings is 1. The maximum atomic E-state index is 5.56. The fourth-order valence-electron chi connectivity index (χ4n) is 3.68. The van der Waals surface area contributed by atoms with Crippen LogP contribution in [0, 0.1) is 6.92 Å². The minimum absolute atomic E-state index is 0.480. The summed E-state index contributed by atoms with van der Waals surface area (Å²) >= 11 is 0. The standard InChI is InChI=1S/C14H23N3O/c1-10-11(8-16(2)15-10)9-17-12-4-5-13(17)7-14(6-12)18-3/h8,12-14H,4-7,9H2,1-3H3. The highest BCUT2D eigenvalue weighted by atomic mass is 16.5. The molecule has 2 fully saturated rings. The van der Waals surface area contributed by atoms with Crippen LogP contribution in [0.25, 0.3) is 0 Å². The highest BCUT2D eigenvalue weighted by molar-refractivity contribution is 5.16. The number of hydrogen-bond acceptors (Lipinski definition) is 3. The molecule has 2 atom stereocenters. The molecule has 0 radical (unpaired) electrons. The van der Waals surface area contributed by atoms with Gasteiger partial charge < -0.3 is 4.74 Å². The molecule has 2 saturated heterocycles. The van der Waals surface area contributed by atoms with Gasteiger partial charge in [-0.25, -0.2) is 0 Å². The summed E-state index contributed by atoms with van der Waals surface area (Å²) < 4.78 is 7.48. The Bertz CT molecular complexity index is 415. The van der Waals surface area contributed by atoms with Crippen LogP contribution < -0.4 is 0 Å². The predicted molar refractivity (Wildman–Crippen MR) is 70.3 cm³/mol. The van der Waals surface area contributed by atoms with E-state index >= 15 is 0 Å². The maximum Gasteiger partial charge on any atom is 0.0638 e. The Labute approximate surface area is 109 Å². The molecule has 100 valence electrons. The molecule has 1 aromatic rings. The Morgan fingerprint density at radius 3 is 2.50 bits per heavy atom. The zero-order valence-electron chi connectivity index (χ0n) is 11.6. The molecule has 4 heteroatoms. The van der Waals surface area contributed by atoms with Gasteiger partial charge in [-0.05, 0) is 32.6 Å². The quantitative estimate of drug-likeness (QED) is 0.819. The van der Waals surface area contributed by atoms with Gasteiger partial charge in [0.05, 0.1) is 11.8 Å². The van der Waals surface area contributed by atoms with Crippen LogP contribution in [-0.4, -0.2) is 40.0 Å². The highest BCUT2D eigenvalue weighted by Crippen LogP contribution is 2.37. The molecule has 1 aromatic heterocycles. The number of aryl methyl sites for hydroxylation is 2. The van der Waals surface area contributed by atoms with Crippen molar-refractivity contribution in [1.29, 1.82) is 0 Å². The molecular formula is C14H23N3O. The lowest BCUT2D eigenvalue weighted by molar-refractivity contribution is 0.00245. The zero-order valence-corrected chi connectivity index (χ0v) is 11.6. The van der Waals surface area contributed by atoms with Crippen LogP contribution in [0.3, 0.4) is 0 Å². The molecule has 0 spiro atoms. The Morgan fingerprint density at radius 2 is 2.00 bits per heavy atom. The summed E-state index contributed by atoms with van der Waals surface area (Å²) in [4.78, 5) is 2.68. The third-order valence-electron chi connectivity index (χ3n) is 4.64. The van der Waals surface area contributed by atoms with Crippen LogP contribution in [0.15, 0.2) is 6.20 Å². The van der Waals surface area contributed by atoms with Crippen LogP contribution in [0.5, 0.6) is 0 Å². The van der Waals surface area contributed by atoms with Crippen molar-refractivity contribution in [2.24, 2.45) is 7.05 Å². The first-order valence-corrected chi connectivity index (χ1v) is 6.95. The lowest BCUT2D eigenvalue weighted by Crippen LogP contribution is -2.44. The van der Waals surface area contributed by atoms with Crippen molar-refractivity contribution in [2.45, 2.75) is 57.3 Å². The minimum atomic E-state index is 0.480. The predicted octanol–water partition coefficient (Wildman–Crippen LogP) is 1.87. The normalized spacial score (nSPS) is 32.1. The Hall–Kier alpha value is -0.870. The number of fused-ring (bicyclic) bond motifs is 2. The van der Waals surface area contributed by atoms with Gasteiger partial charge in [-0.15, -0.1) is 0 Å². The molecule has 0 aromatic carbocycles. The first-order valence-electron chi connectivity index (χ1n) is 6.95. The van der Waals surface area contributed by atoms with E-state index in [1.54, 1.807) is 0 Å². The molecule has 0 aliphatic carbocycles. The second kappa shape index (κ2) is 4.67. The number of ether oxygens (including phenoxy) is 1. The summed E-state index contributed by atoms with van der Waals surface area (Å²) in [5, 5.41) is 4.44. The minimum Gasteiger partial charge on any atom is -0.381 e. The zero-order chi connectivity index (χ0) is 12.7. The van der Waals surface area contributed by atoms with Crippen molar-refractivity contribution in [1.82, 2.24) is 14.7 Å². The second-order valence-electron chi connectivity index (χ2n) is 5.80. The van der Waals surface area contributed by atoms with Crippen LogP contribution in [0.4, 0.5) is 0 Å². The number of hydrogen-bond donors (Lipinski definition) is 0. The van der Waals surface area contributed by atoms with Crippen molar-refractivity contribution >= 4 is 0 Å². The number of aromatic nitrogens is 2. The molecule has 3 rings (SSSR count). The molecule has 4 nitrogen and oxygen atoms in total. The van der Waals surface area contributed by atoms with Crippen molar-refractivity contribution in [3.8, 4) is 0 Å². The van der Waals surface area contributed by atoms with E-state index in [1.807, 2.05) is 18.8 Å². The van der Waals surface area contributed by atoms with Crippen molar-refractivity contribution < 1.29 is 4.74 Å². The van der Waals surface area contributed by atoms with E-state index in [0.717, 1.165) is 6.54 Å². The van der Waals surface area contributed by atoms with Gasteiger partial charge in [0.15, 0.2) is 0 Å². The number of rotatable bonds is 3. The summed E-state index contributed by atoms with van der Waals surface area (Å²) in [6.45, 7) is 3.17. The van der Waals surface area contributed by atoms with Gasteiger partial charge in [0.1, 0.15) is 0 Å². The van der Waals surface area contributed by atoms with Gasteiger partial charge in [0, 0.05) is 44.5 Å². The van der Waals surface area contributed by atoms with Gasteiger partial charge >= 0.3 is 0 Å². The topological polar surface area (TPSA) is 30.3 Å². The molecule has 0 N–H and O–H groups in total. The molecule has 2 bridgehead atoms. The van der Waals surface area contributed by atoms with Gasteiger partial charge in [0.25, 0.3) is 0 Å². The average Bonchev–Trinajstić information content (AvgIpc) is 2.77. The Morgan fingerprint density at radius 1 is 1.33 bits per heavy atom. The van der Waals surface area contributed by atoms with Gasteiger partial charge in [-0.2, -0.15) is 5.10 Å². The fraction of sp³-hybridized carbons (Fsp3) is 0.786. The van der Waals surface area contributed by atoms with Crippen molar-refractivity contribution in [2.75, 3.05) is 7.11 Å². The summed E-state index contributed by atoms with van der Waals surface area (Å²) in [5.74, 6) is 0. The van der Waals surface area contributed by atoms with E-state index in [4.69, 9.17) is 4.74 Å². The molecule has 18 heavy (non-hydrogen) atoms. The van der Waals surface area contributed by atoms with Crippen molar-refractivity contribution in [3.05, 3.63) is 17.5 Å². The van der Waals surface area contributed by atoms with Crippen LogP contribution in [0.1, 0.15) is 36.9 Å². The second-order valence-corrected chi connectivity index (χ2v) is 5.80. The van der Waals surface area contributed by atoms with Gasteiger partial charge in [0.2, 0.25) is 0 Å². The summed E-state index contributed by atoms with van der Waals surface area (Å²) in [7, 11) is 3.85. The lowest BCUT2D eigenvalue weighted by atomic mass is 9.99. The van der Waals surface area contributed by atoms with E-state index in [1.165, 1.54) is 36.9 Å². The third-order valence-corrected chi connectivity index (χ3v) is 4.64. The first kappa shape index (κ1) is 12.2. The molecular weight excluding hydrogens is 226 g/mol. The number of nitrogens with zero attached hydrogens (tertiary/aromatic N) is 3. The van der Waals surface area contributed by atoms with E-state index in [9.17, 15) is 0 Å². The average molecular weight is 249 g/mol. The Balaban J connectivity index is 1.73. The van der Waals surface area contributed by atoms with E-state index in [2.05, 4.69) is 23.1 Å². The molecule has 2 aliphatic heterocycles. The molecule has 0 amide bonds. The summed E-state index contributed by atoms with van der Waals surface area (Å²) in [5.41, 5.74) is 2.55. The van der Waals surface area contributed by atoms with Crippen LogP contribution in [-0.2, 0) is 18.3 Å². The van der Waals surface area contributed by atoms with Crippen LogP contribution >= 0.6 is 0 Å². The highest BCUT2D eigenvalue weighted by Gasteiger charge is 2.40. The van der Waals surface area contributed by atoms with E-state index in [0.29, 0.717) is 18.2 Å². The molecule has 2 unspecified atom stereocenters. The van der Waals surface area contributed by atoms with Crippen molar-refractivity contribution in [3.63, 3.8) is 0 Å². The largest absolute Gasteiger partial charge is 0.381 e. The fourth-order valence-corrected chi connectivity index (χ4v) is 3.68. The third kappa shape index (κ3) is 2.08. The molecule has 3 heterocycles. The van der Waals surface area contributed by atoms with Crippen LogP contribution in [0.2, 0.25) is 0 Å². The van der Waals surface area contributed by atoms with Gasteiger partial charge in [-0.3, -0.25) is 9.58 Å². The van der Waals surface area contributed by atoms with E-state index in [-0.39, 0.29) is 0 Å². The molecule has 2 aliphatic rings. The first-order chi connectivity index (χ1) is 8.67. The summed E-state index contributed by atoms with van der Waals surface area (Å²) in [6, 6.07) is 1.43. The summed E-state index contributed by atoms with van der Waals surface area (Å²) in [6.07, 6.45) is 7.72.